The number of nitrogens with two attached hydrogens (primary N) is 1. The van der Waals surface area contributed by atoms with Gasteiger partial charge in [-0.2, -0.15) is 0 Å². The summed E-state index contributed by atoms with van der Waals surface area (Å²) in [5.41, 5.74) is 5.82. The van der Waals surface area contributed by atoms with Gasteiger partial charge in [0.15, 0.2) is 0 Å². The van der Waals surface area contributed by atoms with Crippen molar-refractivity contribution in [3.05, 3.63) is 35.6 Å². The number of nitrogens with zero attached hydrogens (tertiary/aromatic N) is 1. The van der Waals surface area contributed by atoms with Crippen molar-refractivity contribution in [2.24, 2.45) is 11.7 Å². The summed E-state index contributed by atoms with van der Waals surface area (Å²) in [5.74, 6) is -0.327. The predicted octanol–water partition coefficient (Wildman–Crippen LogP) is 1.64. The average molecular weight is 236 g/mol. The minimum Gasteiger partial charge on any atom is -0.334 e. The Balaban J connectivity index is 2.24. The molecule has 1 aliphatic heterocycles. The van der Waals surface area contributed by atoms with Crippen molar-refractivity contribution in [3.8, 4) is 0 Å². The molecule has 0 aliphatic carbocycles. The van der Waals surface area contributed by atoms with Gasteiger partial charge >= 0.3 is 0 Å². The summed E-state index contributed by atoms with van der Waals surface area (Å²) in [4.78, 5) is 13.9. The third kappa shape index (κ3) is 2.17. The molecule has 1 aromatic carbocycles. The van der Waals surface area contributed by atoms with E-state index in [1.807, 2.05) is 0 Å². The fraction of sp³-hybridized carbons (Fsp3) is 0.462. The number of carbonyl (C=O) groups is 1. The molecule has 3 nitrogen and oxygen atoms in total. The van der Waals surface area contributed by atoms with Crippen LogP contribution in [0.25, 0.3) is 0 Å². The Bertz CT molecular complexity index is 422. The molecule has 2 N–H and O–H groups in total. The van der Waals surface area contributed by atoms with Gasteiger partial charge in [0.2, 0.25) is 0 Å². The molecule has 0 bridgehead atoms. The maximum absolute atomic E-state index is 13.5. The Kier molecular flexibility index (Phi) is 3.43. The maximum atomic E-state index is 13.5. The lowest BCUT2D eigenvalue weighted by Crippen LogP contribution is -2.42. The highest BCUT2D eigenvalue weighted by atomic mass is 19.1. The second-order valence-corrected chi connectivity index (χ2v) is 4.55. The van der Waals surface area contributed by atoms with E-state index in [2.05, 4.69) is 6.92 Å². The van der Waals surface area contributed by atoms with E-state index in [0.29, 0.717) is 19.0 Å². The van der Waals surface area contributed by atoms with Gasteiger partial charge in [0.1, 0.15) is 5.82 Å². The van der Waals surface area contributed by atoms with Crippen LogP contribution in [-0.4, -0.2) is 29.9 Å². The predicted molar refractivity (Wildman–Crippen MR) is 64.1 cm³/mol. The lowest BCUT2D eigenvalue weighted by Gasteiger charge is -2.25. The van der Waals surface area contributed by atoms with Crippen LogP contribution in [0.3, 0.4) is 0 Å². The molecule has 1 fully saturated rings. The molecule has 0 aromatic heterocycles. The van der Waals surface area contributed by atoms with Crippen molar-refractivity contribution in [2.75, 3.05) is 13.1 Å². The fourth-order valence-electron chi connectivity index (χ4n) is 2.41. The number of hydrogen-bond donors (Lipinski definition) is 1. The van der Waals surface area contributed by atoms with Gasteiger partial charge in [-0.1, -0.05) is 19.1 Å². The van der Waals surface area contributed by atoms with Gasteiger partial charge in [-0.3, -0.25) is 4.79 Å². The van der Waals surface area contributed by atoms with Crippen LogP contribution in [0.4, 0.5) is 4.39 Å². The third-order valence-corrected chi connectivity index (χ3v) is 3.49. The number of rotatable bonds is 2. The van der Waals surface area contributed by atoms with E-state index in [1.54, 1.807) is 17.0 Å². The van der Waals surface area contributed by atoms with Gasteiger partial charge in [0.25, 0.3) is 5.91 Å². The van der Waals surface area contributed by atoms with Crippen molar-refractivity contribution >= 4 is 5.91 Å². The van der Waals surface area contributed by atoms with Crippen molar-refractivity contribution in [1.29, 1.82) is 0 Å². The lowest BCUT2D eigenvalue weighted by atomic mass is 10.0. The SMILES string of the molecule is CC1CCN(C(=O)c2ccccc2F)C1CN. The van der Waals surface area contributed by atoms with Gasteiger partial charge in [0, 0.05) is 19.1 Å². The number of benzene rings is 1. The van der Waals surface area contributed by atoms with Crippen LogP contribution in [0.15, 0.2) is 24.3 Å². The molecule has 0 radical (unpaired) electrons. The average Bonchev–Trinajstić information content (AvgIpc) is 2.70. The summed E-state index contributed by atoms with van der Waals surface area (Å²) in [7, 11) is 0. The van der Waals surface area contributed by atoms with Crippen molar-refractivity contribution in [2.45, 2.75) is 19.4 Å². The first-order valence-corrected chi connectivity index (χ1v) is 5.90. The zero-order valence-electron chi connectivity index (χ0n) is 9.90. The summed E-state index contributed by atoms with van der Waals surface area (Å²) in [6.45, 7) is 3.17. The number of halogens is 1. The smallest absolute Gasteiger partial charge is 0.257 e. The first-order valence-electron chi connectivity index (χ1n) is 5.90. The Morgan fingerprint density at radius 3 is 2.88 bits per heavy atom. The molecule has 2 rings (SSSR count). The van der Waals surface area contributed by atoms with Gasteiger partial charge in [-0.25, -0.2) is 4.39 Å². The van der Waals surface area contributed by atoms with Crippen LogP contribution in [0.2, 0.25) is 0 Å². The number of likely N-dealkylation sites (tertiary alicyclic amines) is 1. The molecule has 1 saturated heterocycles. The van der Waals surface area contributed by atoms with Crippen molar-refractivity contribution < 1.29 is 9.18 Å². The van der Waals surface area contributed by atoms with Crippen molar-refractivity contribution in [1.82, 2.24) is 4.90 Å². The molecule has 2 atom stereocenters. The molecule has 0 saturated carbocycles. The van der Waals surface area contributed by atoms with E-state index >= 15 is 0 Å². The zero-order valence-corrected chi connectivity index (χ0v) is 9.90. The van der Waals surface area contributed by atoms with Crippen molar-refractivity contribution in [3.63, 3.8) is 0 Å². The summed E-state index contributed by atoms with van der Waals surface area (Å²) >= 11 is 0. The molecular weight excluding hydrogens is 219 g/mol. The quantitative estimate of drug-likeness (QED) is 0.848. The molecule has 1 heterocycles. The second kappa shape index (κ2) is 4.84. The highest BCUT2D eigenvalue weighted by molar-refractivity contribution is 5.94. The van der Waals surface area contributed by atoms with Gasteiger partial charge in [-0.05, 0) is 24.5 Å². The largest absolute Gasteiger partial charge is 0.334 e. The van der Waals surface area contributed by atoms with E-state index in [1.165, 1.54) is 12.1 Å². The zero-order chi connectivity index (χ0) is 12.4. The summed E-state index contributed by atoms with van der Waals surface area (Å²) in [5, 5.41) is 0. The Labute approximate surface area is 100 Å². The van der Waals surface area contributed by atoms with E-state index in [9.17, 15) is 9.18 Å². The van der Waals surface area contributed by atoms with Gasteiger partial charge < -0.3 is 10.6 Å². The molecule has 17 heavy (non-hydrogen) atoms. The van der Waals surface area contributed by atoms with Crippen LogP contribution in [0, 0.1) is 11.7 Å². The van der Waals surface area contributed by atoms with Gasteiger partial charge in [-0.15, -0.1) is 0 Å². The Morgan fingerprint density at radius 1 is 1.53 bits per heavy atom. The first kappa shape index (κ1) is 12.0. The van der Waals surface area contributed by atoms with Gasteiger partial charge in [0.05, 0.1) is 5.56 Å². The maximum Gasteiger partial charge on any atom is 0.257 e. The Hall–Kier alpha value is -1.42. The fourth-order valence-corrected chi connectivity index (χ4v) is 2.41. The minimum absolute atomic E-state index is 0.0297. The number of hydrogen-bond acceptors (Lipinski definition) is 2. The van der Waals surface area contributed by atoms with Crippen LogP contribution in [-0.2, 0) is 0 Å². The molecule has 2 unspecified atom stereocenters. The first-order chi connectivity index (χ1) is 8.15. The highest BCUT2D eigenvalue weighted by Crippen LogP contribution is 2.25. The van der Waals surface area contributed by atoms with E-state index in [-0.39, 0.29) is 17.5 Å². The topological polar surface area (TPSA) is 46.3 Å². The summed E-state index contributed by atoms with van der Waals surface area (Å²) in [6, 6.07) is 6.12. The molecule has 0 spiro atoms. The van der Waals surface area contributed by atoms with Crippen LogP contribution in [0.1, 0.15) is 23.7 Å². The van der Waals surface area contributed by atoms with E-state index < -0.39 is 5.82 Å². The Morgan fingerprint density at radius 2 is 2.24 bits per heavy atom. The normalized spacial score (nSPS) is 24.1. The molecule has 1 aromatic rings. The minimum atomic E-state index is -0.465. The van der Waals surface area contributed by atoms with Crippen LogP contribution < -0.4 is 5.73 Å². The van der Waals surface area contributed by atoms with Crippen LogP contribution >= 0.6 is 0 Å². The number of carbonyl (C=O) groups excluding carboxylic acids is 1. The lowest BCUT2D eigenvalue weighted by molar-refractivity contribution is 0.0722. The number of amides is 1. The van der Waals surface area contributed by atoms with E-state index in [4.69, 9.17) is 5.73 Å². The van der Waals surface area contributed by atoms with Crippen LogP contribution in [0.5, 0.6) is 0 Å². The summed E-state index contributed by atoms with van der Waals surface area (Å²) in [6.07, 6.45) is 0.933. The molecule has 92 valence electrons. The molecule has 1 aliphatic rings. The third-order valence-electron chi connectivity index (χ3n) is 3.49. The second-order valence-electron chi connectivity index (χ2n) is 4.55. The highest BCUT2D eigenvalue weighted by Gasteiger charge is 2.34. The standard InChI is InChI=1S/C13H17FN2O/c1-9-6-7-16(12(9)8-15)13(17)10-4-2-3-5-11(10)14/h2-5,9,12H,6-8,15H2,1H3. The molecular formula is C13H17FN2O. The molecule has 1 amide bonds. The summed E-state index contributed by atoms with van der Waals surface area (Å²) < 4.78 is 13.5. The molecule has 4 heteroatoms. The van der Waals surface area contributed by atoms with E-state index in [0.717, 1.165) is 6.42 Å². The monoisotopic (exact) mass is 236 g/mol.